The Morgan fingerprint density at radius 3 is 2.45 bits per heavy atom. The number of fused-ring (bicyclic) bond motifs is 5. The molecule has 1 saturated heterocycles. The number of nitrogens with one attached hydrogen (secondary N) is 2. The molecule has 0 radical (unpaired) electrons. The average molecular weight is 543 g/mol. The molecule has 40 heavy (non-hydrogen) atoms. The van der Waals surface area contributed by atoms with Gasteiger partial charge in [-0.05, 0) is 77.7 Å². The quantitative estimate of drug-likeness (QED) is 0.349. The molecule has 6 rings (SSSR count). The molecular weight excluding hydrogens is 504 g/mol. The highest BCUT2D eigenvalue weighted by molar-refractivity contribution is 5.86. The minimum Gasteiger partial charge on any atom is -0.508 e. The molecule has 2 bridgehead atoms. The summed E-state index contributed by atoms with van der Waals surface area (Å²) < 4.78 is 4.75. The number of likely N-dealkylation sites (tertiary alicyclic amines) is 1. The number of phenolic OH excluding ortho intramolecular Hbond substituents is 1. The number of hydrogen-bond acceptors (Lipinski definition) is 5. The maximum Gasteiger partial charge on any atom is 0.407 e. The van der Waals surface area contributed by atoms with Crippen molar-refractivity contribution in [3.8, 4) is 28.1 Å². The Morgan fingerprint density at radius 2 is 1.75 bits per heavy atom. The van der Waals surface area contributed by atoms with Crippen molar-refractivity contribution >= 4 is 12.0 Å². The molecule has 3 aliphatic rings. The lowest BCUT2D eigenvalue weighted by molar-refractivity contribution is -0.135. The third kappa shape index (κ3) is 4.53. The summed E-state index contributed by atoms with van der Waals surface area (Å²) in [6, 6.07) is 11.6. The summed E-state index contributed by atoms with van der Waals surface area (Å²) in [6.45, 7) is 6.57. The van der Waals surface area contributed by atoms with Gasteiger partial charge in [0.25, 0.3) is 0 Å². The van der Waals surface area contributed by atoms with Crippen molar-refractivity contribution in [1.82, 2.24) is 20.2 Å². The van der Waals surface area contributed by atoms with Crippen molar-refractivity contribution in [2.24, 2.45) is 11.8 Å². The predicted octanol–water partition coefficient (Wildman–Crippen LogP) is 6.10. The Hall–Kier alpha value is -3.81. The van der Waals surface area contributed by atoms with Gasteiger partial charge in [0.05, 0.1) is 25.0 Å². The van der Waals surface area contributed by atoms with Crippen LogP contribution in [0.2, 0.25) is 0 Å². The molecule has 0 spiro atoms. The number of hydrogen-bond donors (Lipinski definition) is 3. The summed E-state index contributed by atoms with van der Waals surface area (Å²) in [4.78, 5) is 35.5. The number of aromatic amines is 1. The Bertz CT molecular complexity index is 1430. The van der Waals surface area contributed by atoms with Gasteiger partial charge in [-0.1, -0.05) is 51.1 Å². The van der Waals surface area contributed by atoms with Crippen LogP contribution in [-0.2, 0) is 9.53 Å². The van der Waals surface area contributed by atoms with Gasteiger partial charge in [0, 0.05) is 12.1 Å². The molecule has 3 aromatic rings. The summed E-state index contributed by atoms with van der Waals surface area (Å²) in [6.07, 6.45) is 5.57. The van der Waals surface area contributed by atoms with Crippen molar-refractivity contribution < 1.29 is 19.4 Å². The number of carbonyl (C=O) groups is 2. The van der Waals surface area contributed by atoms with Gasteiger partial charge in [-0.15, -0.1) is 0 Å². The molecule has 5 atom stereocenters. The Kier molecular flexibility index (Phi) is 6.80. The molecular formula is C32H38N4O4. The molecule has 2 fully saturated rings. The number of alkyl carbamates (subject to hydrolysis) is 1. The molecule has 2 amide bonds. The molecule has 2 heterocycles. The molecule has 8 nitrogen and oxygen atoms in total. The maximum atomic E-state index is 13.6. The number of ether oxygens (including phenoxy) is 1. The number of amides is 2. The van der Waals surface area contributed by atoms with E-state index >= 15 is 0 Å². The van der Waals surface area contributed by atoms with Gasteiger partial charge in [-0.3, -0.25) is 4.79 Å². The average Bonchev–Trinajstić information content (AvgIpc) is 3.75. The van der Waals surface area contributed by atoms with Crippen LogP contribution in [0.15, 0.2) is 42.6 Å². The van der Waals surface area contributed by atoms with E-state index in [9.17, 15) is 14.7 Å². The van der Waals surface area contributed by atoms with E-state index < -0.39 is 12.1 Å². The van der Waals surface area contributed by atoms with E-state index in [1.807, 2.05) is 31.0 Å². The number of aromatic hydroxyl groups is 1. The normalized spacial score (nSPS) is 23.9. The summed E-state index contributed by atoms with van der Waals surface area (Å²) >= 11 is 0. The lowest BCUT2D eigenvalue weighted by Crippen LogP contribution is -2.51. The fourth-order valence-corrected chi connectivity index (χ4v) is 7.16. The summed E-state index contributed by atoms with van der Waals surface area (Å²) in [5.74, 6) is 2.36. The van der Waals surface area contributed by atoms with Gasteiger partial charge in [-0.25, -0.2) is 9.78 Å². The zero-order valence-corrected chi connectivity index (χ0v) is 23.6. The molecule has 1 aliphatic heterocycles. The van der Waals surface area contributed by atoms with E-state index in [-0.39, 0.29) is 17.9 Å². The molecule has 1 saturated carbocycles. The van der Waals surface area contributed by atoms with Crippen LogP contribution in [0.25, 0.3) is 22.4 Å². The van der Waals surface area contributed by atoms with Crippen molar-refractivity contribution in [3.05, 3.63) is 59.5 Å². The van der Waals surface area contributed by atoms with E-state index in [0.717, 1.165) is 35.5 Å². The SMILES string of the molecule is COC(=O)N[C@H](C(=O)N1C[C@@H](C)C[C@H]1c1ncc(-c2ccc(-c3ccc(O)c4c3C3CCC4C3)cc2)[nH]1)C(C)C. The second-order valence-electron chi connectivity index (χ2n) is 12.1. The monoisotopic (exact) mass is 542 g/mol. The molecule has 2 aliphatic carbocycles. The molecule has 3 N–H and O–H groups in total. The third-order valence-electron chi connectivity index (χ3n) is 9.12. The molecule has 210 valence electrons. The largest absolute Gasteiger partial charge is 0.508 e. The minimum absolute atomic E-state index is 0.0844. The summed E-state index contributed by atoms with van der Waals surface area (Å²) in [5, 5.41) is 13.2. The van der Waals surface area contributed by atoms with E-state index in [1.54, 1.807) is 0 Å². The fourth-order valence-electron chi connectivity index (χ4n) is 7.16. The second-order valence-corrected chi connectivity index (χ2v) is 12.1. The molecule has 2 aromatic carbocycles. The maximum absolute atomic E-state index is 13.6. The van der Waals surface area contributed by atoms with Crippen LogP contribution >= 0.6 is 0 Å². The smallest absolute Gasteiger partial charge is 0.407 e. The minimum atomic E-state index is -0.668. The fraction of sp³-hybridized carbons (Fsp3) is 0.469. The van der Waals surface area contributed by atoms with Gasteiger partial charge in [-0.2, -0.15) is 0 Å². The highest BCUT2D eigenvalue weighted by atomic mass is 16.5. The number of H-pyrrole nitrogens is 1. The van der Waals surface area contributed by atoms with Gasteiger partial charge in [0.1, 0.15) is 17.6 Å². The Morgan fingerprint density at radius 1 is 1.05 bits per heavy atom. The van der Waals surface area contributed by atoms with Crippen LogP contribution in [-0.4, -0.2) is 51.7 Å². The zero-order chi connectivity index (χ0) is 28.1. The van der Waals surface area contributed by atoms with Crippen molar-refractivity contribution in [2.75, 3.05) is 13.7 Å². The van der Waals surface area contributed by atoms with E-state index in [2.05, 4.69) is 47.6 Å². The van der Waals surface area contributed by atoms with Gasteiger partial charge in [0.15, 0.2) is 0 Å². The Labute approximate surface area is 235 Å². The molecule has 1 aromatic heterocycles. The van der Waals surface area contributed by atoms with Crippen molar-refractivity contribution in [2.45, 2.75) is 70.4 Å². The van der Waals surface area contributed by atoms with E-state index in [4.69, 9.17) is 9.72 Å². The zero-order valence-electron chi connectivity index (χ0n) is 23.6. The number of rotatable bonds is 6. The predicted molar refractivity (Wildman–Crippen MR) is 153 cm³/mol. The lowest BCUT2D eigenvalue weighted by Gasteiger charge is -2.30. The van der Waals surface area contributed by atoms with E-state index in [1.165, 1.54) is 36.6 Å². The van der Waals surface area contributed by atoms with Crippen LogP contribution in [0.5, 0.6) is 5.75 Å². The highest BCUT2D eigenvalue weighted by Gasteiger charge is 2.41. The summed E-state index contributed by atoms with van der Waals surface area (Å²) in [5.41, 5.74) is 6.82. The van der Waals surface area contributed by atoms with E-state index in [0.29, 0.717) is 30.0 Å². The molecule has 8 heteroatoms. The van der Waals surface area contributed by atoms with Crippen molar-refractivity contribution in [1.29, 1.82) is 0 Å². The first-order valence-electron chi connectivity index (χ1n) is 14.4. The standard InChI is InChI=1S/C32H38N4O4/c1-17(2)29(35-32(39)40-4)31(38)36-16-18(3)13-25(36)30-33-15-24(34-30)20-7-5-19(6-8-20)23-11-12-26(37)28-22-10-9-21(14-22)27(23)28/h5-8,11-12,15,17-18,21-22,25,29,37H,9-10,13-14,16H2,1-4H3,(H,33,34)(H,35,39)/t18-,21?,22?,25-,29-/m0/s1. The lowest BCUT2D eigenvalue weighted by atomic mass is 9.85. The second kappa shape index (κ2) is 10.3. The van der Waals surface area contributed by atoms with Crippen LogP contribution in [0, 0.1) is 11.8 Å². The first kappa shape index (κ1) is 26.4. The topological polar surface area (TPSA) is 108 Å². The van der Waals surface area contributed by atoms with Crippen LogP contribution < -0.4 is 5.32 Å². The van der Waals surface area contributed by atoms with Crippen molar-refractivity contribution in [3.63, 3.8) is 0 Å². The number of phenols is 1. The number of benzene rings is 2. The summed E-state index contributed by atoms with van der Waals surface area (Å²) in [7, 11) is 1.30. The number of nitrogens with zero attached hydrogens (tertiary/aromatic N) is 2. The highest BCUT2D eigenvalue weighted by Crippen LogP contribution is 2.58. The van der Waals surface area contributed by atoms with Gasteiger partial charge < -0.3 is 25.0 Å². The van der Waals surface area contributed by atoms with Gasteiger partial charge >= 0.3 is 6.09 Å². The first-order chi connectivity index (χ1) is 19.2. The molecule has 2 unspecified atom stereocenters. The number of imidazole rings is 1. The van der Waals surface area contributed by atoms with Crippen LogP contribution in [0.3, 0.4) is 0 Å². The number of aromatic nitrogens is 2. The van der Waals surface area contributed by atoms with Crippen LogP contribution in [0.1, 0.15) is 81.3 Å². The third-order valence-corrected chi connectivity index (χ3v) is 9.12. The number of carbonyl (C=O) groups excluding carboxylic acids is 2. The van der Waals surface area contributed by atoms with Gasteiger partial charge in [0.2, 0.25) is 5.91 Å². The number of methoxy groups -OCH3 is 1. The van der Waals surface area contributed by atoms with Crippen LogP contribution in [0.4, 0.5) is 4.79 Å². The first-order valence-corrected chi connectivity index (χ1v) is 14.4. The Balaban J connectivity index is 1.23.